The van der Waals surface area contributed by atoms with Crippen molar-refractivity contribution in [3.63, 3.8) is 0 Å². The normalized spacial score (nSPS) is 36.1. The predicted molar refractivity (Wildman–Crippen MR) is 43.6 cm³/mol. The number of hydrogen-bond acceptors (Lipinski definition) is 4. The number of methoxy groups -OCH3 is 1. The zero-order valence-electron chi connectivity index (χ0n) is 7.46. The van der Waals surface area contributed by atoms with E-state index in [9.17, 15) is 9.90 Å². The van der Waals surface area contributed by atoms with Gasteiger partial charge in [0.15, 0.2) is 5.60 Å². The van der Waals surface area contributed by atoms with Crippen LogP contribution in [-0.4, -0.2) is 36.9 Å². The first-order chi connectivity index (χ1) is 5.61. The molecule has 1 aliphatic heterocycles. The largest absolute Gasteiger partial charge is 0.467 e. The molecule has 0 aromatic heterocycles. The molecule has 12 heavy (non-hydrogen) atoms. The van der Waals surface area contributed by atoms with Crippen LogP contribution in [0, 0.1) is 5.92 Å². The van der Waals surface area contributed by atoms with Gasteiger partial charge in [-0.1, -0.05) is 6.92 Å². The van der Waals surface area contributed by atoms with Crippen LogP contribution in [0.2, 0.25) is 0 Å². The van der Waals surface area contributed by atoms with Crippen LogP contribution in [0.4, 0.5) is 0 Å². The summed E-state index contributed by atoms with van der Waals surface area (Å²) in [6.07, 6.45) is 0.431. The number of piperidine rings is 1. The SMILES string of the molecule is COC(=O)C1(O)CCNCC1C. The third kappa shape index (κ3) is 1.44. The Labute approximate surface area is 71.9 Å². The number of esters is 1. The van der Waals surface area contributed by atoms with Gasteiger partial charge in [-0.05, 0) is 13.0 Å². The first-order valence-electron chi connectivity index (χ1n) is 4.13. The molecule has 0 aromatic rings. The summed E-state index contributed by atoms with van der Waals surface area (Å²) in [5, 5.41) is 13.0. The fourth-order valence-electron chi connectivity index (χ4n) is 1.49. The molecule has 0 saturated carbocycles. The molecule has 0 bridgehead atoms. The van der Waals surface area contributed by atoms with Crippen molar-refractivity contribution in [3.05, 3.63) is 0 Å². The van der Waals surface area contributed by atoms with E-state index >= 15 is 0 Å². The summed E-state index contributed by atoms with van der Waals surface area (Å²) in [7, 11) is 1.30. The maximum Gasteiger partial charge on any atom is 0.338 e. The van der Waals surface area contributed by atoms with Crippen LogP contribution in [0.15, 0.2) is 0 Å². The van der Waals surface area contributed by atoms with Crippen molar-refractivity contribution >= 4 is 5.97 Å². The van der Waals surface area contributed by atoms with E-state index in [0.717, 1.165) is 0 Å². The Morgan fingerprint density at radius 1 is 1.75 bits per heavy atom. The molecule has 1 fully saturated rings. The van der Waals surface area contributed by atoms with Crippen LogP contribution in [0.3, 0.4) is 0 Å². The van der Waals surface area contributed by atoms with Gasteiger partial charge in [0.05, 0.1) is 7.11 Å². The van der Waals surface area contributed by atoms with Crippen LogP contribution < -0.4 is 5.32 Å². The topological polar surface area (TPSA) is 58.6 Å². The monoisotopic (exact) mass is 173 g/mol. The third-order valence-electron chi connectivity index (χ3n) is 2.49. The molecule has 1 aliphatic rings. The summed E-state index contributed by atoms with van der Waals surface area (Å²) in [6.45, 7) is 3.16. The Morgan fingerprint density at radius 2 is 2.42 bits per heavy atom. The number of rotatable bonds is 1. The molecule has 2 atom stereocenters. The number of ether oxygens (including phenoxy) is 1. The predicted octanol–water partition coefficient (Wildman–Crippen LogP) is -0.480. The minimum Gasteiger partial charge on any atom is -0.467 e. The van der Waals surface area contributed by atoms with Gasteiger partial charge in [0, 0.05) is 12.5 Å². The van der Waals surface area contributed by atoms with Crippen LogP contribution in [0.5, 0.6) is 0 Å². The van der Waals surface area contributed by atoms with Gasteiger partial charge in [-0.25, -0.2) is 4.79 Å². The molecule has 4 nitrogen and oxygen atoms in total. The van der Waals surface area contributed by atoms with Crippen molar-refractivity contribution in [2.24, 2.45) is 5.92 Å². The molecule has 0 aliphatic carbocycles. The Balaban J connectivity index is 2.72. The van der Waals surface area contributed by atoms with Gasteiger partial charge in [-0.2, -0.15) is 0 Å². The average Bonchev–Trinajstić information content (AvgIpc) is 2.09. The molecule has 0 aromatic carbocycles. The molecule has 0 spiro atoms. The number of nitrogens with one attached hydrogen (secondary N) is 1. The first kappa shape index (κ1) is 9.48. The average molecular weight is 173 g/mol. The summed E-state index contributed by atoms with van der Waals surface area (Å²) in [5.41, 5.74) is -1.28. The van der Waals surface area contributed by atoms with Crippen molar-refractivity contribution in [3.8, 4) is 0 Å². The molecule has 0 radical (unpaired) electrons. The van der Waals surface area contributed by atoms with Crippen LogP contribution in [0.25, 0.3) is 0 Å². The molecule has 2 unspecified atom stereocenters. The lowest BCUT2D eigenvalue weighted by Crippen LogP contribution is -2.54. The van der Waals surface area contributed by atoms with Crippen molar-refractivity contribution in [1.29, 1.82) is 0 Å². The molecule has 70 valence electrons. The highest BCUT2D eigenvalue weighted by atomic mass is 16.5. The van der Waals surface area contributed by atoms with E-state index in [1.54, 1.807) is 0 Å². The second kappa shape index (κ2) is 3.41. The lowest BCUT2D eigenvalue weighted by Gasteiger charge is -2.35. The van der Waals surface area contributed by atoms with E-state index in [0.29, 0.717) is 19.5 Å². The third-order valence-corrected chi connectivity index (χ3v) is 2.49. The van der Waals surface area contributed by atoms with Gasteiger partial charge in [0.2, 0.25) is 0 Å². The maximum absolute atomic E-state index is 11.2. The maximum atomic E-state index is 11.2. The molecule has 1 heterocycles. The number of aliphatic hydroxyl groups is 1. The van der Waals surface area contributed by atoms with Crippen LogP contribution in [0.1, 0.15) is 13.3 Å². The standard InChI is InChI=1S/C8H15NO3/c1-6-5-9-4-3-8(6,11)7(10)12-2/h6,9,11H,3-5H2,1-2H3. The number of hydrogen-bond donors (Lipinski definition) is 2. The van der Waals surface area contributed by atoms with Crippen molar-refractivity contribution in [1.82, 2.24) is 5.32 Å². The second-order valence-corrected chi connectivity index (χ2v) is 3.27. The van der Waals surface area contributed by atoms with Crippen LogP contribution in [-0.2, 0) is 9.53 Å². The van der Waals surface area contributed by atoms with Gasteiger partial charge in [-0.3, -0.25) is 0 Å². The molecule has 1 rings (SSSR count). The Kier molecular flexibility index (Phi) is 2.69. The molecular formula is C8H15NO3. The number of carbonyl (C=O) groups is 1. The van der Waals surface area contributed by atoms with Crippen molar-refractivity contribution < 1.29 is 14.6 Å². The van der Waals surface area contributed by atoms with E-state index < -0.39 is 11.6 Å². The Hall–Kier alpha value is -0.610. The summed E-state index contributed by atoms with van der Waals surface area (Å²) >= 11 is 0. The fourth-order valence-corrected chi connectivity index (χ4v) is 1.49. The Morgan fingerprint density at radius 3 is 2.92 bits per heavy atom. The van der Waals surface area contributed by atoms with Gasteiger partial charge in [-0.15, -0.1) is 0 Å². The lowest BCUT2D eigenvalue weighted by molar-refractivity contribution is -0.170. The zero-order chi connectivity index (χ0) is 9.19. The van der Waals surface area contributed by atoms with Gasteiger partial charge in [0.25, 0.3) is 0 Å². The first-order valence-corrected chi connectivity index (χ1v) is 4.13. The zero-order valence-corrected chi connectivity index (χ0v) is 7.46. The highest BCUT2D eigenvalue weighted by Gasteiger charge is 2.43. The minimum atomic E-state index is -1.28. The van der Waals surface area contributed by atoms with E-state index in [2.05, 4.69) is 10.1 Å². The smallest absolute Gasteiger partial charge is 0.338 e. The molecular weight excluding hydrogens is 158 g/mol. The van der Waals surface area contributed by atoms with E-state index in [4.69, 9.17) is 0 Å². The molecule has 1 saturated heterocycles. The van der Waals surface area contributed by atoms with Gasteiger partial charge < -0.3 is 15.2 Å². The quantitative estimate of drug-likeness (QED) is 0.526. The summed E-state index contributed by atoms with van der Waals surface area (Å²) < 4.78 is 4.55. The minimum absolute atomic E-state index is 0.0845. The lowest BCUT2D eigenvalue weighted by atomic mass is 9.83. The molecule has 2 N–H and O–H groups in total. The van der Waals surface area contributed by atoms with E-state index in [1.165, 1.54) is 7.11 Å². The van der Waals surface area contributed by atoms with E-state index in [-0.39, 0.29) is 5.92 Å². The molecule has 0 amide bonds. The molecule has 4 heteroatoms. The van der Waals surface area contributed by atoms with E-state index in [1.807, 2.05) is 6.92 Å². The highest BCUT2D eigenvalue weighted by molar-refractivity contribution is 5.79. The second-order valence-electron chi connectivity index (χ2n) is 3.27. The van der Waals surface area contributed by atoms with Gasteiger partial charge >= 0.3 is 5.97 Å². The summed E-state index contributed by atoms with van der Waals surface area (Å²) in [4.78, 5) is 11.2. The van der Waals surface area contributed by atoms with Crippen molar-refractivity contribution in [2.45, 2.75) is 18.9 Å². The Bertz CT molecular complexity index is 183. The highest BCUT2D eigenvalue weighted by Crippen LogP contribution is 2.25. The van der Waals surface area contributed by atoms with Crippen LogP contribution >= 0.6 is 0 Å². The fraction of sp³-hybridized carbons (Fsp3) is 0.875. The summed E-state index contributed by atoms with van der Waals surface area (Å²) in [6, 6.07) is 0. The van der Waals surface area contributed by atoms with Gasteiger partial charge in [0.1, 0.15) is 0 Å². The van der Waals surface area contributed by atoms with Crippen molar-refractivity contribution in [2.75, 3.05) is 20.2 Å². The summed E-state index contributed by atoms with van der Waals surface area (Å²) in [5.74, 6) is -0.602. The number of carbonyl (C=O) groups excluding carboxylic acids is 1.